The Kier molecular flexibility index (Phi) is 6.32. The molecule has 3 aromatic carbocycles. The summed E-state index contributed by atoms with van der Waals surface area (Å²) in [5.41, 5.74) is 8.81. The molecule has 1 nitrogen and oxygen atoms in total. The van der Waals surface area contributed by atoms with Gasteiger partial charge in [0.15, 0.2) is 0 Å². The van der Waals surface area contributed by atoms with Crippen molar-refractivity contribution in [2.75, 3.05) is 19.6 Å². The lowest BCUT2D eigenvalue weighted by Gasteiger charge is -2.31. The van der Waals surface area contributed by atoms with E-state index in [0.717, 1.165) is 25.2 Å². The zero-order valence-corrected chi connectivity index (χ0v) is 18.5. The lowest BCUT2D eigenvalue weighted by molar-refractivity contribution is 0.187. The van der Waals surface area contributed by atoms with Crippen LogP contribution >= 0.6 is 0 Å². The number of nitrogens with zero attached hydrogens (tertiary/aromatic N) is 1. The summed E-state index contributed by atoms with van der Waals surface area (Å²) < 4.78 is 0. The Morgan fingerprint density at radius 2 is 1.29 bits per heavy atom. The van der Waals surface area contributed by atoms with Crippen LogP contribution in [0.4, 0.5) is 0 Å². The van der Waals surface area contributed by atoms with E-state index in [2.05, 4.69) is 89.8 Å². The third kappa shape index (κ3) is 4.83. The van der Waals surface area contributed by atoms with Crippen LogP contribution in [0.25, 0.3) is 5.57 Å². The lowest BCUT2D eigenvalue weighted by Crippen LogP contribution is -2.34. The number of fused-ring (bicyclic) bond motifs is 2. The number of aryl methyl sites for hydroxylation is 2. The van der Waals surface area contributed by atoms with E-state index in [9.17, 15) is 0 Å². The molecular formula is C30H33N. The van der Waals surface area contributed by atoms with Crippen molar-refractivity contribution in [3.05, 3.63) is 113 Å². The molecular weight excluding hydrogens is 374 g/mol. The predicted molar refractivity (Wildman–Crippen MR) is 131 cm³/mol. The zero-order chi connectivity index (χ0) is 20.9. The molecule has 3 aromatic rings. The van der Waals surface area contributed by atoms with Gasteiger partial charge in [-0.15, -0.1) is 0 Å². The summed E-state index contributed by atoms with van der Waals surface area (Å²) in [7, 11) is 0. The van der Waals surface area contributed by atoms with Crippen molar-refractivity contribution in [3.8, 4) is 0 Å². The highest BCUT2D eigenvalue weighted by Crippen LogP contribution is 2.33. The fourth-order valence-electron chi connectivity index (χ4n) is 5.39. The van der Waals surface area contributed by atoms with Gasteiger partial charge in [0.1, 0.15) is 0 Å². The number of benzene rings is 3. The summed E-state index contributed by atoms with van der Waals surface area (Å²) in [6.45, 7) is 3.66. The van der Waals surface area contributed by atoms with Crippen molar-refractivity contribution >= 4 is 5.57 Å². The smallest absolute Gasteiger partial charge is 0.00162 e. The van der Waals surface area contributed by atoms with Gasteiger partial charge in [-0.3, -0.25) is 0 Å². The standard InChI is InChI=1S/C30H33N/c1-2-9-24(10-3-1)23-25-18-21-31(22-19-25)20-8-15-30-28-13-6-4-11-26(28)16-17-27-12-5-7-14-29(27)30/h1-7,9-15,25H,8,16-23H2. The van der Waals surface area contributed by atoms with E-state index >= 15 is 0 Å². The maximum atomic E-state index is 2.67. The predicted octanol–water partition coefficient (Wildman–Crippen LogP) is 6.56. The molecule has 0 amide bonds. The van der Waals surface area contributed by atoms with Crippen molar-refractivity contribution in [2.45, 2.75) is 38.5 Å². The van der Waals surface area contributed by atoms with Gasteiger partial charge < -0.3 is 4.90 Å². The normalized spacial score (nSPS) is 17.0. The molecule has 1 saturated heterocycles. The van der Waals surface area contributed by atoms with Crippen LogP contribution in [-0.4, -0.2) is 24.5 Å². The Balaban J connectivity index is 1.23. The third-order valence-electron chi connectivity index (χ3n) is 7.15. The van der Waals surface area contributed by atoms with Crippen LogP contribution in [0.5, 0.6) is 0 Å². The number of piperidine rings is 1. The Morgan fingerprint density at radius 1 is 0.710 bits per heavy atom. The Bertz CT molecular complexity index is 976. The molecule has 31 heavy (non-hydrogen) atoms. The first kappa shape index (κ1) is 20.3. The van der Waals surface area contributed by atoms with Crippen LogP contribution in [0.1, 0.15) is 47.1 Å². The SMILES string of the molecule is C(CCN1CCC(Cc2ccccc2)CC1)=C1c2ccccc2CCc2ccccc21. The van der Waals surface area contributed by atoms with Crippen molar-refractivity contribution in [1.82, 2.24) is 4.90 Å². The average molecular weight is 408 g/mol. The van der Waals surface area contributed by atoms with Gasteiger partial charge in [0.25, 0.3) is 0 Å². The molecule has 0 bridgehead atoms. The molecule has 0 unspecified atom stereocenters. The minimum Gasteiger partial charge on any atom is -0.303 e. The summed E-state index contributed by atoms with van der Waals surface area (Å²) in [5, 5.41) is 0. The largest absolute Gasteiger partial charge is 0.303 e. The molecule has 0 N–H and O–H groups in total. The molecule has 0 aromatic heterocycles. The maximum absolute atomic E-state index is 2.67. The van der Waals surface area contributed by atoms with E-state index in [1.165, 1.54) is 72.3 Å². The fraction of sp³-hybridized carbons (Fsp3) is 0.333. The van der Waals surface area contributed by atoms with Crippen molar-refractivity contribution in [2.24, 2.45) is 5.92 Å². The van der Waals surface area contributed by atoms with Gasteiger partial charge in [-0.1, -0.05) is 84.9 Å². The number of likely N-dealkylation sites (tertiary alicyclic amines) is 1. The van der Waals surface area contributed by atoms with Crippen LogP contribution in [0.2, 0.25) is 0 Å². The highest BCUT2D eigenvalue weighted by Gasteiger charge is 2.20. The first-order valence-corrected chi connectivity index (χ1v) is 12.0. The van der Waals surface area contributed by atoms with Gasteiger partial charge >= 0.3 is 0 Å². The van der Waals surface area contributed by atoms with Crippen LogP contribution in [0.3, 0.4) is 0 Å². The van der Waals surface area contributed by atoms with Gasteiger partial charge in [0.2, 0.25) is 0 Å². The third-order valence-corrected chi connectivity index (χ3v) is 7.15. The van der Waals surface area contributed by atoms with Gasteiger partial charge in [-0.05, 0) is 90.9 Å². The van der Waals surface area contributed by atoms with Crippen LogP contribution in [0, 0.1) is 5.92 Å². The minimum absolute atomic E-state index is 0.845. The lowest BCUT2D eigenvalue weighted by atomic mass is 9.90. The summed E-state index contributed by atoms with van der Waals surface area (Å²) in [5.74, 6) is 0.845. The monoisotopic (exact) mass is 407 g/mol. The minimum atomic E-state index is 0.845. The molecule has 2 aliphatic rings. The van der Waals surface area contributed by atoms with Crippen molar-refractivity contribution < 1.29 is 0 Å². The molecule has 0 saturated carbocycles. The van der Waals surface area contributed by atoms with E-state index in [1.54, 1.807) is 0 Å². The summed E-state index contributed by atoms with van der Waals surface area (Å²) >= 11 is 0. The molecule has 5 rings (SSSR count). The van der Waals surface area contributed by atoms with Crippen LogP contribution in [0.15, 0.2) is 84.9 Å². The molecule has 1 aliphatic carbocycles. The molecule has 0 spiro atoms. The number of rotatable bonds is 5. The fourth-order valence-corrected chi connectivity index (χ4v) is 5.39. The topological polar surface area (TPSA) is 3.24 Å². The quantitative estimate of drug-likeness (QED) is 0.463. The van der Waals surface area contributed by atoms with Gasteiger partial charge in [0, 0.05) is 6.54 Å². The summed E-state index contributed by atoms with van der Waals surface area (Å²) in [4.78, 5) is 2.67. The Labute approximate surface area is 187 Å². The highest BCUT2D eigenvalue weighted by atomic mass is 15.1. The summed E-state index contributed by atoms with van der Waals surface area (Å²) in [6, 6.07) is 29.0. The molecule has 1 heterocycles. The van der Waals surface area contributed by atoms with Crippen LogP contribution in [-0.2, 0) is 19.3 Å². The van der Waals surface area contributed by atoms with Crippen LogP contribution < -0.4 is 0 Å². The molecule has 1 heteroatoms. The first-order chi connectivity index (χ1) is 15.4. The van der Waals surface area contributed by atoms with E-state index in [1.807, 2.05) is 0 Å². The molecule has 0 radical (unpaired) electrons. The van der Waals surface area contributed by atoms with Crippen molar-refractivity contribution in [3.63, 3.8) is 0 Å². The average Bonchev–Trinajstić information content (AvgIpc) is 2.98. The van der Waals surface area contributed by atoms with E-state index in [0.29, 0.717) is 0 Å². The number of hydrogen-bond acceptors (Lipinski definition) is 1. The molecule has 1 fully saturated rings. The second-order valence-electron chi connectivity index (χ2n) is 9.20. The highest BCUT2D eigenvalue weighted by molar-refractivity contribution is 5.83. The van der Waals surface area contributed by atoms with E-state index in [-0.39, 0.29) is 0 Å². The molecule has 1 aliphatic heterocycles. The van der Waals surface area contributed by atoms with Gasteiger partial charge in [0.05, 0.1) is 0 Å². The van der Waals surface area contributed by atoms with E-state index in [4.69, 9.17) is 0 Å². The first-order valence-electron chi connectivity index (χ1n) is 12.0. The van der Waals surface area contributed by atoms with Crippen molar-refractivity contribution in [1.29, 1.82) is 0 Å². The van der Waals surface area contributed by atoms with Gasteiger partial charge in [-0.2, -0.15) is 0 Å². The molecule has 158 valence electrons. The second kappa shape index (κ2) is 9.66. The van der Waals surface area contributed by atoms with E-state index < -0.39 is 0 Å². The zero-order valence-electron chi connectivity index (χ0n) is 18.5. The maximum Gasteiger partial charge on any atom is 0.00162 e. The number of hydrogen-bond donors (Lipinski definition) is 0. The summed E-state index contributed by atoms with van der Waals surface area (Å²) in [6.07, 6.45) is 9.82. The molecule has 0 atom stereocenters. The van der Waals surface area contributed by atoms with Gasteiger partial charge in [-0.25, -0.2) is 0 Å². The Morgan fingerprint density at radius 3 is 1.94 bits per heavy atom. The second-order valence-corrected chi connectivity index (χ2v) is 9.20. The Hall–Kier alpha value is -2.64.